The predicted octanol–water partition coefficient (Wildman–Crippen LogP) is 3.81. The van der Waals surface area contributed by atoms with E-state index in [4.69, 9.17) is 0 Å². The predicted molar refractivity (Wildman–Crippen MR) is 87.4 cm³/mol. The Kier molecular flexibility index (Phi) is 4.77. The summed E-state index contributed by atoms with van der Waals surface area (Å²) >= 11 is 0. The molecule has 10 heteroatoms. The van der Waals surface area contributed by atoms with Crippen LogP contribution in [0.2, 0.25) is 0 Å². The summed E-state index contributed by atoms with van der Waals surface area (Å²) in [5.74, 6) is -1.55. The minimum Gasteiger partial charge on any atom is -0.329 e. The van der Waals surface area contributed by atoms with Gasteiger partial charge in [-0.15, -0.1) is 0 Å². The molecule has 136 valence electrons. The molecule has 2 aromatic heterocycles. The molecule has 1 atom stereocenters. The van der Waals surface area contributed by atoms with Gasteiger partial charge in [0, 0.05) is 18.0 Å². The third-order valence-corrected chi connectivity index (χ3v) is 5.04. The average molecular weight is 382 g/mol. The quantitative estimate of drug-likeness (QED) is 0.685. The van der Waals surface area contributed by atoms with Crippen molar-refractivity contribution in [2.75, 3.05) is 6.26 Å². The molecule has 1 unspecified atom stereocenters. The molecule has 26 heavy (non-hydrogen) atoms. The van der Waals surface area contributed by atoms with Gasteiger partial charge >= 0.3 is 12.1 Å². The van der Waals surface area contributed by atoms with Gasteiger partial charge in [-0.3, -0.25) is 0 Å². The SMILES string of the molecule is CS(=O)(=NCc1ccc(-c2noc(C(F)(F)F)n2)cc1)c1ccccn1. The van der Waals surface area contributed by atoms with E-state index >= 15 is 0 Å². The molecule has 3 aromatic rings. The van der Waals surface area contributed by atoms with Gasteiger partial charge < -0.3 is 4.52 Å². The van der Waals surface area contributed by atoms with Crippen molar-refractivity contribution in [2.24, 2.45) is 4.36 Å². The Labute approximate surface area is 147 Å². The molecule has 0 amide bonds. The maximum atomic E-state index is 12.6. The normalized spacial score (nSPS) is 14.0. The van der Waals surface area contributed by atoms with Crippen LogP contribution in [0.25, 0.3) is 11.4 Å². The smallest absolute Gasteiger partial charge is 0.329 e. The first-order valence-corrected chi connectivity index (χ1v) is 9.27. The number of pyridine rings is 1. The molecule has 3 rings (SSSR count). The fourth-order valence-corrected chi connectivity index (χ4v) is 3.17. The molecule has 6 nitrogen and oxygen atoms in total. The van der Waals surface area contributed by atoms with Crippen LogP contribution < -0.4 is 0 Å². The molecule has 0 saturated heterocycles. The third-order valence-electron chi connectivity index (χ3n) is 3.40. The van der Waals surface area contributed by atoms with Gasteiger partial charge in [0.25, 0.3) is 0 Å². The molecule has 0 saturated carbocycles. The first kappa shape index (κ1) is 18.1. The van der Waals surface area contributed by atoms with E-state index in [1.807, 2.05) is 0 Å². The fourth-order valence-electron chi connectivity index (χ4n) is 2.05. The van der Waals surface area contributed by atoms with Crippen LogP contribution in [-0.2, 0) is 22.5 Å². The van der Waals surface area contributed by atoms with Crippen molar-refractivity contribution in [3.05, 3.63) is 60.1 Å². The minimum atomic E-state index is -4.68. The van der Waals surface area contributed by atoms with Gasteiger partial charge in [-0.25, -0.2) is 13.6 Å². The van der Waals surface area contributed by atoms with Crippen molar-refractivity contribution in [1.29, 1.82) is 0 Å². The first-order valence-electron chi connectivity index (χ1n) is 7.35. The van der Waals surface area contributed by atoms with E-state index in [-0.39, 0.29) is 12.4 Å². The molecule has 0 radical (unpaired) electrons. The molecule has 0 spiro atoms. The number of hydrogen-bond donors (Lipinski definition) is 0. The zero-order valence-corrected chi connectivity index (χ0v) is 14.3. The van der Waals surface area contributed by atoms with E-state index in [0.717, 1.165) is 5.56 Å². The number of alkyl halides is 3. The van der Waals surface area contributed by atoms with Crippen molar-refractivity contribution in [2.45, 2.75) is 17.7 Å². The zero-order chi connectivity index (χ0) is 18.8. The van der Waals surface area contributed by atoms with E-state index in [2.05, 4.69) is 24.0 Å². The number of rotatable bonds is 4. The summed E-state index contributed by atoms with van der Waals surface area (Å²) in [7, 11) is -2.63. The van der Waals surface area contributed by atoms with E-state index < -0.39 is 21.8 Å². The highest BCUT2D eigenvalue weighted by atomic mass is 32.2. The second kappa shape index (κ2) is 6.87. The van der Waals surface area contributed by atoms with E-state index in [0.29, 0.717) is 10.6 Å². The van der Waals surface area contributed by atoms with Crippen molar-refractivity contribution in [3.63, 3.8) is 0 Å². The fraction of sp³-hybridized carbons (Fsp3) is 0.188. The lowest BCUT2D eigenvalue weighted by Crippen LogP contribution is -2.04. The van der Waals surface area contributed by atoms with Crippen molar-refractivity contribution >= 4 is 9.73 Å². The lowest BCUT2D eigenvalue weighted by Gasteiger charge is -2.04. The summed E-state index contributed by atoms with van der Waals surface area (Å²) in [5.41, 5.74) is 1.11. The highest BCUT2D eigenvalue weighted by Crippen LogP contribution is 2.29. The van der Waals surface area contributed by atoms with Crippen molar-refractivity contribution in [1.82, 2.24) is 15.1 Å². The van der Waals surface area contributed by atoms with Gasteiger partial charge in [-0.05, 0) is 17.7 Å². The lowest BCUT2D eigenvalue weighted by molar-refractivity contribution is -0.159. The van der Waals surface area contributed by atoms with Gasteiger partial charge in [-0.2, -0.15) is 18.2 Å². The van der Waals surface area contributed by atoms with Crippen LogP contribution in [0, 0.1) is 0 Å². The van der Waals surface area contributed by atoms with Crippen LogP contribution >= 0.6 is 0 Å². The third kappa shape index (κ3) is 4.07. The Morgan fingerprint density at radius 2 is 1.88 bits per heavy atom. The van der Waals surface area contributed by atoms with E-state index in [1.165, 1.54) is 6.26 Å². The average Bonchev–Trinajstić information content (AvgIpc) is 3.12. The maximum Gasteiger partial charge on any atom is 0.471 e. The van der Waals surface area contributed by atoms with Crippen LogP contribution in [0.15, 0.2) is 62.6 Å². The Balaban J connectivity index is 1.77. The Morgan fingerprint density at radius 1 is 1.15 bits per heavy atom. The number of hydrogen-bond acceptors (Lipinski definition) is 6. The largest absolute Gasteiger partial charge is 0.471 e. The summed E-state index contributed by atoms with van der Waals surface area (Å²) in [6.45, 7) is 0.173. The number of nitrogens with zero attached hydrogens (tertiary/aromatic N) is 4. The van der Waals surface area contributed by atoms with E-state index in [9.17, 15) is 17.4 Å². The molecule has 0 aliphatic rings. The molecule has 0 fully saturated rings. The summed E-state index contributed by atoms with van der Waals surface area (Å²) in [4.78, 5) is 7.38. The summed E-state index contributed by atoms with van der Waals surface area (Å²) in [6, 6.07) is 11.5. The number of benzene rings is 1. The van der Waals surface area contributed by atoms with Crippen LogP contribution in [-0.4, -0.2) is 25.6 Å². The summed E-state index contributed by atoms with van der Waals surface area (Å²) < 4.78 is 58.5. The molecule has 0 bridgehead atoms. The topological polar surface area (TPSA) is 81.2 Å². The van der Waals surface area contributed by atoms with Gasteiger partial charge in [0.2, 0.25) is 5.82 Å². The molecule has 1 aromatic carbocycles. The lowest BCUT2D eigenvalue weighted by atomic mass is 10.1. The van der Waals surface area contributed by atoms with E-state index in [1.54, 1.807) is 48.7 Å². The van der Waals surface area contributed by atoms with Crippen LogP contribution in [0.3, 0.4) is 0 Å². The van der Waals surface area contributed by atoms with Crippen molar-refractivity contribution < 1.29 is 21.9 Å². The maximum absolute atomic E-state index is 12.6. The minimum absolute atomic E-state index is 0.159. The Hall–Kier alpha value is -2.75. The Morgan fingerprint density at radius 3 is 2.46 bits per heavy atom. The highest BCUT2D eigenvalue weighted by molar-refractivity contribution is 7.92. The van der Waals surface area contributed by atoms with Gasteiger partial charge in [-0.1, -0.05) is 35.5 Å². The van der Waals surface area contributed by atoms with Crippen LogP contribution in [0.5, 0.6) is 0 Å². The second-order valence-corrected chi connectivity index (χ2v) is 7.66. The highest BCUT2D eigenvalue weighted by Gasteiger charge is 2.38. The van der Waals surface area contributed by atoms with Crippen molar-refractivity contribution in [3.8, 4) is 11.4 Å². The van der Waals surface area contributed by atoms with Crippen LogP contribution in [0.1, 0.15) is 11.5 Å². The summed E-state index contributed by atoms with van der Waals surface area (Å²) in [6.07, 6.45) is -1.64. The number of halogens is 3. The standard InChI is InChI=1S/C16H13F3N4O2S/c1-26(24,13-4-2-3-9-20-13)21-10-11-5-7-12(8-6-11)14-22-15(25-23-14)16(17,18)19/h2-9H,10H2,1H3. The first-order chi connectivity index (χ1) is 12.3. The summed E-state index contributed by atoms with van der Waals surface area (Å²) in [5, 5.41) is 3.72. The monoisotopic (exact) mass is 382 g/mol. The van der Waals surface area contributed by atoms with Crippen LogP contribution in [0.4, 0.5) is 13.2 Å². The van der Waals surface area contributed by atoms with Gasteiger partial charge in [0.15, 0.2) is 0 Å². The zero-order valence-electron chi connectivity index (χ0n) is 13.5. The molecule has 2 heterocycles. The molecular formula is C16H13F3N4O2S. The van der Waals surface area contributed by atoms with Gasteiger partial charge in [0.05, 0.1) is 16.3 Å². The molecule has 0 N–H and O–H groups in total. The number of aromatic nitrogens is 3. The second-order valence-electron chi connectivity index (χ2n) is 5.38. The Bertz CT molecular complexity index is 1010. The van der Waals surface area contributed by atoms with Gasteiger partial charge in [0.1, 0.15) is 5.03 Å². The molecule has 0 aliphatic heterocycles. The molecule has 0 aliphatic carbocycles. The molecular weight excluding hydrogens is 369 g/mol.